The van der Waals surface area contributed by atoms with Crippen molar-refractivity contribution < 1.29 is 14.4 Å². The normalized spacial score (nSPS) is 10.6. The molecule has 0 N–H and O–H groups in total. The molecule has 2 rings (SSSR count). The number of benzene rings is 2. The molecule has 0 aromatic heterocycles. The van der Waals surface area contributed by atoms with Crippen LogP contribution in [0.3, 0.4) is 0 Å². The number of nitrogens with zero attached hydrogens (tertiary/aromatic N) is 1. The number of hydrogen-bond donors (Lipinski definition) is 0. The summed E-state index contributed by atoms with van der Waals surface area (Å²) >= 11 is 5.87. The Morgan fingerprint density at radius 1 is 1.19 bits per heavy atom. The Balaban J connectivity index is 2.11. The van der Waals surface area contributed by atoms with Crippen molar-refractivity contribution in [1.29, 1.82) is 0 Å². The van der Waals surface area contributed by atoms with Gasteiger partial charge in [-0.05, 0) is 48.4 Å². The summed E-state index contributed by atoms with van der Waals surface area (Å²) in [5, 5.41) is 4.26. The smallest absolute Gasteiger partial charge is 0.343 e. The molecule has 2 aromatic carbocycles. The number of aryl methyl sites for hydroxylation is 1. The number of rotatable bonds is 4. The molecule has 0 heterocycles. The molecule has 0 saturated carbocycles. The molecule has 0 saturated heterocycles. The number of esters is 1. The minimum Gasteiger partial charge on any atom is -0.423 e. The van der Waals surface area contributed by atoms with E-state index in [2.05, 4.69) is 9.99 Å². The molecule has 0 atom stereocenters. The maximum Gasteiger partial charge on any atom is 0.343 e. The minimum absolute atomic E-state index is 0.421. The lowest BCUT2D eigenvalue weighted by Crippen LogP contribution is -2.09. The SMILES string of the molecule is CON=Cc1ccc(C(=O)Oc2ccc(Cl)cc2C)cc1. The Kier molecular flexibility index (Phi) is 4.95. The van der Waals surface area contributed by atoms with Crippen LogP contribution in [-0.2, 0) is 4.84 Å². The summed E-state index contributed by atoms with van der Waals surface area (Å²) < 4.78 is 5.35. The lowest BCUT2D eigenvalue weighted by molar-refractivity contribution is 0.0733. The van der Waals surface area contributed by atoms with Gasteiger partial charge in [0.25, 0.3) is 0 Å². The largest absolute Gasteiger partial charge is 0.423 e. The van der Waals surface area contributed by atoms with Gasteiger partial charge in [-0.3, -0.25) is 0 Å². The van der Waals surface area contributed by atoms with Crippen LogP contribution in [0.5, 0.6) is 5.75 Å². The van der Waals surface area contributed by atoms with E-state index in [1.807, 2.05) is 6.92 Å². The number of hydrogen-bond acceptors (Lipinski definition) is 4. The summed E-state index contributed by atoms with van der Waals surface area (Å²) in [6.45, 7) is 1.83. The molecular weight excluding hydrogens is 290 g/mol. The summed E-state index contributed by atoms with van der Waals surface area (Å²) in [5.74, 6) is 0.0741. The Morgan fingerprint density at radius 3 is 2.52 bits per heavy atom. The van der Waals surface area contributed by atoms with Crippen molar-refractivity contribution in [3.8, 4) is 5.75 Å². The van der Waals surface area contributed by atoms with Crippen LogP contribution in [0.4, 0.5) is 0 Å². The molecule has 5 heteroatoms. The van der Waals surface area contributed by atoms with E-state index in [0.29, 0.717) is 16.3 Å². The van der Waals surface area contributed by atoms with Crippen LogP contribution < -0.4 is 4.74 Å². The Labute approximate surface area is 127 Å². The summed E-state index contributed by atoms with van der Waals surface area (Å²) in [7, 11) is 1.47. The van der Waals surface area contributed by atoms with Gasteiger partial charge < -0.3 is 9.57 Å². The van der Waals surface area contributed by atoms with Crippen molar-refractivity contribution in [2.45, 2.75) is 6.92 Å². The van der Waals surface area contributed by atoms with E-state index in [1.165, 1.54) is 7.11 Å². The second kappa shape index (κ2) is 6.90. The highest BCUT2D eigenvalue weighted by molar-refractivity contribution is 6.30. The first kappa shape index (κ1) is 15.1. The van der Waals surface area contributed by atoms with Crippen LogP contribution in [0.25, 0.3) is 0 Å². The fourth-order valence-electron chi connectivity index (χ4n) is 1.70. The number of oxime groups is 1. The molecule has 2 aromatic rings. The van der Waals surface area contributed by atoms with E-state index in [0.717, 1.165) is 11.1 Å². The van der Waals surface area contributed by atoms with Gasteiger partial charge in [-0.15, -0.1) is 0 Å². The van der Waals surface area contributed by atoms with Gasteiger partial charge in [-0.1, -0.05) is 28.9 Å². The summed E-state index contributed by atoms with van der Waals surface area (Å²) in [6.07, 6.45) is 1.55. The first-order chi connectivity index (χ1) is 10.1. The lowest BCUT2D eigenvalue weighted by Gasteiger charge is -2.07. The number of halogens is 1. The predicted octanol–water partition coefficient (Wildman–Crippen LogP) is 3.85. The van der Waals surface area contributed by atoms with Gasteiger partial charge in [0.15, 0.2) is 0 Å². The standard InChI is InChI=1S/C16H14ClNO3/c1-11-9-14(17)7-8-15(11)21-16(19)13-5-3-12(4-6-13)10-18-20-2/h3-10H,1-2H3. The highest BCUT2D eigenvalue weighted by Gasteiger charge is 2.10. The van der Waals surface area contributed by atoms with Gasteiger partial charge in [0.2, 0.25) is 0 Å². The van der Waals surface area contributed by atoms with E-state index >= 15 is 0 Å². The highest BCUT2D eigenvalue weighted by atomic mass is 35.5. The summed E-state index contributed by atoms with van der Waals surface area (Å²) in [5.41, 5.74) is 2.09. The molecule has 0 amide bonds. The predicted molar refractivity (Wildman–Crippen MR) is 82.2 cm³/mol. The lowest BCUT2D eigenvalue weighted by atomic mass is 10.1. The van der Waals surface area contributed by atoms with Gasteiger partial charge >= 0.3 is 5.97 Å². The van der Waals surface area contributed by atoms with Crippen LogP contribution in [0.2, 0.25) is 5.02 Å². The molecule has 0 spiro atoms. The Morgan fingerprint density at radius 2 is 1.90 bits per heavy atom. The van der Waals surface area contributed by atoms with Gasteiger partial charge in [-0.25, -0.2) is 4.79 Å². The van der Waals surface area contributed by atoms with Crippen molar-refractivity contribution in [2.24, 2.45) is 5.16 Å². The maximum absolute atomic E-state index is 12.1. The second-order valence-corrected chi connectivity index (χ2v) is 4.77. The number of carbonyl (C=O) groups is 1. The molecular formula is C16H14ClNO3. The molecule has 0 unspecified atom stereocenters. The molecule has 0 aliphatic carbocycles. The van der Waals surface area contributed by atoms with Crippen LogP contribution in [0.1, 0.15) is 21.5 Å². The molecule has 4 nitrogen and oxygen atoms in total. The van der Waals surface area contributed by atoms with Gasteiger partial charge in [0, 0.05) is 5.02 Å². The first-order valence-corrected chi connectivity index (χ1v) is 6.63. The summed E-state index contributed by atoms with van der Waals surface area (Å²) in [6, 6.07) is 12.0. The quantitative estimate of drug-likeness (QED) is 0.373. The van der Waals surface area contributed by atoms with E-state index < -0.39 is 5.97 Å². The molecule has 0 aliphatic heterocycles. The maximum atomic E-state index is 12.1. The van der Waals surface area contributed by atoms with E-state index in [1.54, 1.807) is 48.7 Å². The fraction of sp³-hybridized carbons (Fsp3) is 0.125. The van der Waals surface area contributed by atoms with E-state index in [4.69, 9.17) is 16.3 Å². The van der Waals surface area contributed by atoms with Crippen LogP contribution >= 0.6 is 11.6 Å². The van der Waals surface area contributed by atoms with Crippen molar-refractivity contribution in [2.75, 3.05) is 7.11 Å². The Bertz CT molecular complexity index is 666. The molecule has 0 radical (unpaired) electrons. The van der Waals surface area contributed by atoms with E-state index in [9.17, 15) is 4.79 Å². The van der Waals surface area contributed by atoms with Gasteiger partial charge in [0.1, 0.15) is 12.9 Å². The molecule has 21 heavy (non-hydrogen) atoms. The zero-order chi connectivity index (χ0) is 15.2. The molecule has 0 aliphatic rings. The van der Waals surface area contributed by atoms with Crippen LogP contribution in [0.15, 0.2) is 47.6 Å². The third-order valence-corrected chi connectivity index (χ3v) is 3.03. The van der Waals surface area contributed by atoms with Crippen molar-refractivity contribution in [1.82, 2.24) is 0 Å². The Hall–Kier alpha value is -2.33. The third-order valence-electron chi connectivity index (χ3n) is 2.79. The molecule has 0 bridgehead atoms. The second-order valence-electron chi connectivity index (χ2n) is 4.34. The number of carbonyl (C=O) groups excluding carboxylic acids is 1. The number of ether oxygens (including phenoxy) is 1. The third kappa shape index (κ3) is 4.07. The molecule has 108 valence electrons. The van der Waals surface area contributed by atoms with Crippen LogP contribution in [-0.4, -0.2) is 19.3 Å². The first-order valence-electron chi connectivity index (χ1n) is 6.25. The topological polar surface area (TPSA) is 47.9 Å². The van der Waals surface area contributed by atoms with Gasteiger partial charge in [-0.2, -0.15) is 0 Å². The average molecular weight is 304 g/mol. The van der Waals surface area contributed by atoms with Gasteiger partial charge in [0.05, 0.1) is 11.8 Å². The zero-order valence-corrected chi connectivity index (χ0v) is 12.4. The molecule has 0 fully saturated rings. The van der Waals surface area contributed by atoms with E-state index in [-0.39, 0.29) is 0 Å². The van der Waals surface area contributed by atoms with Crippen molar-refractivity contribution in [3.63, 3.8) is 0 Å². The summed E-state index contributed by atoms with van der Waals surface area (Å²) in [4.78, 5) is 16.7. The average Bonchev–Trinajstić information content (AvgIpc) is 2.48. The minimum atomic E-state index is -0.421. The fourth-order valence-corrected chi connectivity index (χ4v) is 1.93. The monoisotopic (exact) mass is 303 g/mol. The van der Waals surface area contributed by atoms with Crippen molar-refractivity contribution >= 4 is 23.8 Å². The highest BCUT2D eigenvalue weighted by Crippen LogP contribution is 2.22. The zero-order valence-electron chi connectivity index (χ0n) is 11.7. The van der Waals surface area contributed by atoms with Crippen LogP contribution in [0, 0.1) is 6.92 Å². The van der Waals surface area contributed by atoms with Crippen molar-refractivity contribution in [3.05, 3.63) is 64.2 Å².